The van der Waals surface area contributed by atoms with E-state index >= 15 is 0 Å². The molecule has 0 saturated heterocycles. The predicted molar refractivity (Wildman–Crippen MR) is 60.9 cm³/mol. The first-order valence-electron chi connectivity index (χ1n) is 5.23. The quantitative estimate of drug-likeness (QED) is 0.735. The van der Waals surface area contributed by atoms with Crippen LogP contribution < -0.4 is 0 Å². The predicted octanol–water partition coefficient (Wildman–Crippen LogP) is 1.95. The molecule has 2 rings (SSSR count). The third-order valence-corrected chi connectivity index (χ3v) is 2.64. The van der Waals surface area contributed by atoms with Gasteiger partial charge in [-0.15, -0.1) is 5.10 Å². The number of aldehydes is 1. The molecule has 0 aliphatic rings. The summed E-state index contributed by atoms with van der Waals surface area (Å²) in [4.78, 5) is 10.7. The van der Waals surface area contributed by atoms with Crippen LogP contribution in [0.3, 0.4) is 0 Å². The number of aryl methyl sites for hydroxylation is 1. The minimum atomic E-state index is 0.394. The van der Waals surface area contributed by atoms with Gasteiger partial charge in [0.2, 0.25) is 0 Å². The van der Waals surface area contributed by atoms with Crippen molar-refractivity contribution < 1.29 is 4.79 Å². The van der Waals surface area contributed by atoms with Crippen molar-refractivity contribution in [3.63, 3.8) is 0 Å². The molecular formula is C12H13N3O. The number of rotatable bonds is 3. The SMILES string of the molecule is CCc1ccccc1-n1nnc(C=O)c1C. The van der Waals surface area contributed by atoms with E-state index in [9.17, 15) is 4.79 Å². The number of hydrogen-bond donors (Lipinski definition) is 0. The lowest BCUT2D eigenvalue weighted by molar-refractivity contribution is 0.111. The Labute approximate surface area is 93.9 Å². The van der Waals surface area contributed by atoms with Crippen LogP contribution >= 0.6 is 0 Å². The Balaban J connectivity index is 2.58. The van der Waals surface area contributed by atoms with Gasteiger partial charge in [-0.25, -0.2) is 4.68 Å². The Morgan fingerprint density at radius 1 is 1.38 bits per heavy atom. The molecule has 0 atom stereocenters. The van der Waals surface area contributed by atoms with Gasteiger partial charge in [-0.1, -0.05) is 30.3 Å². The van der Waals surface area contributed by atoms with E-state index in [-0.39, 0.29) is 0 Å². The fourth-order valence-electron chi connectivity index (χ4n) is 1.69. The molecule has 0 radical (unpaired) electrons. The molecule has 0 aliphatic carbocycles. The van der Waals surface area contributed by atoms with Crippen molar-refractivity contribution in [3.05, 3.63) is 41.2 Å². The van der Waals surface area contributed by atoms with Crippen molar-refractivity contribution in [1.29, 1.82) is 0 Å². The molecule has 0 N–H and O–H groups in total. The lowest BCUT2D eigenvalue weighted by atomic mass is 10.1. The molecule has 0 aliphatic heterocycles. The fourth-order valence-corrected chi connectivity index (χ4v) is 1.69. The Bertz CT molecular complexity index is 517. The maximum Gasteiger partial charge on any atom is 0.172 e. The van der Waals surface area contributed by atoms with Crippen molar-refractivity contribution in [3.8, 4) is 5.69 Å². The number of nitrogens with zero attached hydrogens (tertiary/aromatic N) is 3. The van der Waals surface area contributed by atoms with Crippen LogP contribution in [0.15, 0.2) is 24.3 Å². The highest BCUT2D eigenvalue weighted by Gasteiger charge is 2.10. The van der Waals surface area contributed by atoms with Gasteiger partial charge in [0, 0.05) is 0 Å². The molecule has 0 bridgehead atoms. The van der Waals surface area contributed by atoms with E-state index in [4.69, 9.17) is 0 Å². The third kappa shape index (κ3) is 1.62. The number of carbonyl (C=O) groups is 1. The van der Waals surface area contributed by atoms with Gasteiger partial charge in [0.25, 0.3) is 0 Å². The molecule has 0 saturated carbocycles. The number of carbonyl (C=O) groups excluding carboxylic acids is 1. The Hall–Kier alpha value is -1.97. The average Bonchev–Trinajstić information content (AvgIpc) is 2.70. The summed E-state index contributed by atoms with van der Waals surface area (Å²) in [6.45, 7) is 3.93. The highest BCUT2D eigenvalue weighted by molar-refractivity contribution is 5.73. The minimum absolute atomic E-state index is 0.394. The van der Waals surface area contributed by atoms with E-state index < -0.39 is 0 Å². The zero-order valence-electron chi connectivity index (χ0n) is 9.34. The normalized spacial score (nSPS) is 10.4. The maximum atomic E-state index is 10.7. The van der Waals surface area contributed by atoms with E-state index in [1.54, 1.807) is 4.68 Å². The summed E-state index contributed by atoms with van der Waals surface area (Å²) in [6, 6.07) is 7.98. The molecule has 0 fully saturated rings. The summed E-state index contributed by atoms with van der Waals surface area (Å²) in [5.41, 5.74) is 3.35. The number of para-hydroxylation sites is 1. The molecule has 4 heteroatoms. The second kappa shape index (κ2) is 4.26. The summed E-state index contributed by atoms with van der Waals surface area (Å²) in [5.74, 6) is 0. The van der Waals surface area contributed by atoms with Gasteiger partial charge in [-0.05, 0) is 25.0 Å². The molecule has 0 spiro atoms. The van der Waals surface area contributed by atoms with Crippen LogP contribution in [0, 0.1) is 6.92 Å². The lowest BCUT2D eigenvalue weighted by Gasteiger charge is -2.08. The minimum Gasteiger partial charge on any atom is -0.296 e. The highest BCUT2D eigenvalue weighted by Crippen LogP contribution is 2.16. The van der Waals surface area contributed by atoms with Crippen LogP contribution in [-0.4, -0.2) is 21.3 Å². The zero-order valence-corrected chi connectivity index (χ0v) is 9.34. The second-order valence-corrected chi connectivity index (χ2v) is 3.57. The standard InChI is InChI=1S/C12H13N3O/c1-3-10-6-4-5-7-12(10)15-9(2)11(8-16)13-14-15/h4-8H,3H2,1-2H3. The number of benzene rings is 1. The third-order valence-electron chi connectivity index (χ3n) is 2.64. The van der Waals surface area contributed by atoms with E-state index in [2.05, 4.69) is 23.3 Å². The molecule has 0 amide bonds. The van der Waals surface area contributed by atoms with Gasteiger partial charge in [-0.3, -0.25) is 4.79 Å². The fraction of sp³-hybridized carbons (Fsp3) is 0.250. The number of hydrogen-bond acceptors (Lipinski definition) is 3. The van der Waals surface area contributed by atoms with Crippen molar-refractivity contribution >= 4 is 6.29 Å². The second-order valence-electron chi connectivity index (χ2n) is 3.57. The van der Waals surface area contributed by atoms with E-state index in [1.165, 1.54) is 5.56 Å². The molecule has 0 unspecified atom stereocenters. The van der Waals surface area contributed by atoms with Crippen LogP contribution in [0.5, 0.6) is 0 Å². The molecule has 82 valence electrons. The highest BCUT2D eigenvalue weighted by atomic mass is 16.1. The van der Waals surface area contributed by atoms with E-state index in [0.29, 0.717) is 5.69 Å². The monoisotopic (exact) mass is 215 g/mol. The van der Waals surface area contributed by atoms with Crippen LogP contribution in [0.4, 0.5) is 0 Å². The molecule has 1 aromatic heterocycles. The summed E-state index contributed by atoms with van der Waals surface area (Å²) in [7, 11) is 0. The Morgan fingerprint density at radius 2 is 2.12 bits per heavy atom. The topological polar surface area (TPSA) is 47.8 Å². The van der Waals surface area contributed by atoms with Gasteiger partial charge < -0.3 is 0 Å². The van der Waals surface area contributed by atoms with Gasteiger partial charge in [-0.2, -0.15) is 0 Å². The van der Waals surface area contributed by atoms with Crippen LogP contribution in [0.25, 0.3) is 5.69 Å². The van der Waals surface area contributed by atoms with Gasteiger partial charge in [0.1, 0.15) is 5.69 Å². The van der Waals surface area contributed by atoms with Crippen molar-refractivity contribution in [1.82, 2.24) is 15.0 Å². The molecule has 2 aromatic rings. The first-order chi connectivity index (χ1) is 7.77. The van der Waals surface area contributed by atoms with Crippen molar-refractivity contribution in [2.24, 2.45) is 0 Å². The van der Waals surface area contributed by atoms with Crippen LogP contribution in [-0.2, 0) is 6.42 Å². The molecule has 16 heavy (non-hydrogen) atoms. The van der Waals surface area contributed by atoms with Crippen molar-refractivity contribution in [2.45, 2.75) is 20.3 Å². The molecular weight excluding hydrogens is 202 g/mol. The van der Waals surface area contributed by atoms with Gasteiger partial charge in [0.15, 0.2) is 6.29 Å². The Morgan fingerprint density at radius 3 is 2.75 bits per heavy atom. The lowest BCUT2D eigenvalue weighted by Crippen LogP contribution is -2.03. The Kier molecular flexibility index (Phi) is 2.81. The van der Waals surface area contributed by atoms with Crippen LogP contribution in [0.2, 0.25) is 0 Å². The van der Waals surface area contributed by atoms with Crippen LogP contribution in [0.1, 0.15) is 28.7 Å². The van der Waals surface area contributed by atoms with Crippen molar-refractivity contribution in [2.75, 3.05) is 0 Å². The summed E-state index contributed by atoms with van der Waals surface area (Å²) in [5, 5.41) is 7.83. The summed E-state index contributed by atoms with van der Waals surface area (Å²) < 4.78 is 1.71. The van der Waals surface area contributed by atoms with E-state index in [1.807, 2.05) is 25.1 Å². The first kappa shape index (κ1) is 10.5. The smallest absolute Gasteiger partial charge is 0.172 e. The first-order valence-corrected chi connectivity index (χ1v) is 5.23. The number of aromatic nitrogens is 3. The molecule has 1 heterocycles. The summed E-state index contributed by atoms with van der Waals surface area (Å²) in [6.07, 6.45) is 1.65. The largest absolute Gasteiger partial charge is 0.296 e. The van der Waals surface area contributed by atoms with Gasteiger partial charge >= 0.3 is 0 Å². The summed E-state index contributed by atoms with van der Waals surface area (Å²) >= 11 is 0. The molecule has 1 aromatic carbocycles. The van der Waals surface area contributed by atoms with E-state index in [0.717, 1.165) is 24.1 Å². The maximum absolute atomic E-state index is 10.7. The molecule has 4 nitrogen and oxygen atoms in total. The van der Waals surface area contributed by atoms with Gasteiger partial charge in [0.05, 0.1) is 11.4 Å². The average molecular weight is 215 g/mol. The zero-order chi connectivity index (χ0) is 11.5.